The molecule has 0 bridgehead atoms. The highest BCUT2D eigenvalue weighted by Gasteiger charge is 2.16. The van der Waals surface area contributed by atoms with Crippen molar-refractivity contribution in [1.29, 1.82) is 0 Å². The van der Waals surface area contributed by atoms with Crippen molar-refractivity contribution in [2.45, 2.75) is 0 Å². The van der Waals surface area contributed by atoms with Crippen molar-refractivity contribution in [1.82, 2.24) is 9.97 Å². The first-order chi connectivity index (χ1) is 26.3. The molecule has 0 fully saturated rings. The standard InChI is InChI=1S/C48H34N4O/c1-4-11-35(12-5-1)36-18-26-42(27-19-36)51(40-13-6-2-7-14-40)43-28-20-37(21-29-43)38-22-30-44(31-23-38)52(41-15-8-3-9-16-41)45-32-24-39(25-33-45)47-50-46-17-10-34-49-48(46)53-47/h1-34H. The van der Waals surface area contributed by atoms with Crippen LogP contribution in [0.25, 0.3) is 44.9 Å². The van der Waals surface area contributed by atoms with Crippen molar-refractivity contribution in [3.8, 4) is 33.7 Å². The predicted octanol–water partition coefficient (Wildman–Crippen LogP) is 13.2. The molecule has 9 rings (SSSR count). The summed E-state index contributed by atoms with van der Waals surface area (Å²) in [5.74, 6) is 0.555. The summed E-state index contributed by atoms with van der Waals surface area (Å²) in [6.07, 6.45) is 1.71. The Kier molecular flexibility index (Phi) is 8.48. The van der Waals surface area contributed by atoms with Crippen LogP contribution in [0.4, 0.5) is 34.1 Å². The fourth-order valence-electron chi connectivity index (χ4n) is 6.73. The summed E-state index contributed by atoms with van der Waals surface area (Å²) in [4.78, 5) is 13.5. The minimum absolute atomic E-state index is 0.537. The second kappa shape index (κ2) is 14.2. The van der Waals surface area contributed by atoms with Crippen LogP contribution in [0.5, 0.6) is 0 Å². The van der Waals surface area contributed by atoms with E-state index < -0.39 is 0 Å². The molecule has 0 spiro atoms. The second-order valence-electron chi connectivity index (χ2n) is 12.7. The highest BCUT2D eigenvalue weighted by atomic mass is 16.4. The van der Waals surface area contributed by atoms with Crippen LogP contribution < -0.4 is 9.80 Å². The van der Waals surface area contributed by atoms with E-state index in [4.69, 9.17) is 4.42 Å². The third-order valence-corrected chi connectivity index (χ3v) is 9.38. The molecule has 0 aliphatic heterocycles. The van der Waals surface area contributed by atoms with Gasteiger partial charge >= 0.3 is 0 Å². The van der Waals surface area contributed by atoms with Gasteiger partial charge in [-0.1, -0.05) is 103 Å². The molecule has 7 aromatic carbocycles. The molecule has 53 heavy (non-hydrogen) atoms. The number of fused-ring (bicyclic) bond motifs is 1. The Balaban J connectivity index is 0.994. The molecule has 0 amide bonds. The molecule has 2 heterocycles. The van der Waals surface area contributed by atoms with Gasteiger partial charge in [-0.25, -0.2) is 9.97 Å². The maximum absolute atomic E-state index is 5.93. The summed E-state index contributed by atoms with van der Waals surface area (Å²) in [5, 5.41) is 0. The van der Waals surface area contributed by atoms with Gasteiger partial charge in [0, 0.05) is 45.9 Å². The van der Waals surface area contributed by atoms with Gasteiger partial charge in [0.15, 0.2) is 0 Å². The van der Waals surface area contributed by atoms with Crippen LogP contribution in [0.15, 0.2) is 211 Å². The number of nitrogens with zero attached hydrogens (tertiary/aromatic N) is 4. The van der Waals surface area contributed by atoms with E-state index in [0.29, 0.717) is 11.6 Å². The molecule has 0 unspecified atom stereocenters. The molecule has 9 aromatic rings. The zero-order valence-corrected chi connectivity index (χ0v) is 28.8. The van der Waals surface area contributed by atoms with E-state index in [2.05, 4.69) is 184 Å². The molecule has 0 atom stereocenters. The Morgan fingerprint density at radius 1 is 0.321 bits per heavy atom. The first kappa shape index (κ1) is 31.7. The molecule has 252 valence electrons. The Morgan fingerprint density at radius 2 is 0.679 bits per heavy atom. The van der Waals surface area contributed by atoms with Gasteiger partial charge in [-0.15, -0.1) is 0 Å². The molecule has 0 aliphatic rings. The van der Waals surface area contributed by atoms with Gasteiger partial charge in [0.2, 0.25) is 11.6 Å². The van der Waals surface area contributed by atoms with Crippen LogP contribution in [0, 0.1) is 0 Å². The lowest BCUT2D eigenvalue weighted by molar-refractivity contribution is 0.608. The summed E-state index contributed by atoms with van der Waals surface area (Å²) in [6, 6.07) is 69.8. The van der Waals surface area contributed by atoms with Crippen LogP contribution in [0.2, 0.25) is 0 Å². The topological polar surface area (TPSA) is 45.4 Å². The molecule has 5 nitrogen and oxygen atoms in total. The maximum Gasteiger partial charge on any atom is 0.247 e. The van der Waals surface area contributed by atoms with E-state index in [1.165, 1.54) is 11.1 Å². The number of aromatic nitrogens is 2. The number of anilines is 6. The third-order valence-electron chi connectivity index (χ3n) is 9.38. The fourth-order valence-corrected chi connectivity index (χ4v) is 6.73. The van der Waals surface area contributed by atoms with E-state index in [1.54, 1.807) is 6.20 Å². The molecule has 2 aromatic heterocycles. The molecule has 0 N–H and O–H groups in total. The van der Waals surface area contributed by atoms with Gasteiger partial charge in [-0.3, -0.25) is 0 Å². The number of oxazole rings is 1. The Hall–Kier alpha value is -7.24. The smallest absolute Gasteiger partial charge is 0.247 e. The summed E-state index contributed by atoms with van der Waals surface area (Å²) in [7, 11) is 0. The van der Waals surface area contributed by atoms with Crippen LogP contribution in [0.1, 0.15) is 0 Å². The van der Waals surface area contributed by atoms with E-state index in [9.17, 15) is 0 Å². The average molecular weight is 683 g/mol. The minimum Gasteiger partial charge on any atom is -0.418 e. The molecule has 0 radical (unpaired) electrons. The van der Waals surface area contributed by atoms with Crippen molar-refractivity contribution in [2.24, 2.45) is 0 Å². The Bertz CT molecular complexity index is 2540. The van der Waals surface area contributed by atoms with Crippen LogP contribution in [-0.4, -0.2) is 9.97 Å². The monoisotopic (exact) mass is 682 g/mol. The summed E-state index contributed by atoms with van der Waals surface area (Å²) >= 11 is 0. The molecule has 5 heteroatoms. The Morgan fingerprint density at radius 3 is 1.09 bits per heavy atom. The van der Waals surface area contributed by atoms with Gasteiger partial charge in [0.1, 0.15) is 5.52 Å². The van der Waals surface area contributed by atoms with Gasteiger partial charge in [0.05, 0.1) is 0 Å². The van der Waals surface area contributed by atoms with E-state index in [0.717, 1.165) is 56.3 Å². The first-order valence-corrected chi connectivity index (χ1v) is 17.7. The fraction of sp³-hybridized carbons (Fsp3) is 0. The lowest BCUT2D eigenvalue weighted by Crippen LogP contribution is -2.10. The lowest BCUT2D eigenvalue weighted by Gasteiger charge is -2.26. The minimum atomic E-state index is 0.537. The van der Waals surface area contributed by atoms with Gasteiger partial charge in [0.25, 0.3) is 0 Å². The average Bonchev–Trinajstić information content (AvgIpc) is 3.68. The van der Waals surface area contributed by atoms with Crippen LogP contribution >= 0.6 is 0 Å². The van der Waals surface area contributed by atoms with Crippen LogP contribution in [0.3, 0.4) is 0 Å². The highest BCUT2D eigenvalue weighted by Crippen LogP contribution is 2.39. The van der Waals surface area contributed by atoms with Crippen molar-refractivity contribution in [2.75, 3.05) is 9.80 Å². The first-order valence-electron chi connectivity index (χ1n) is 17.7. The normalized spacial score (nSPS) is 11.0. The highest BCUT2D eigenvalue weighted by molar-refractivity contribution is 5.82. The van der Waals surface area contributed by atoms with Crippen LogP contribution in [-0.2, 0) is 0 Å². The quantitative estimate of drug-likeness (QED) is 0.152. The second-order valence-corrected chi connectivity index (χ2v) is 12.7. The predicted molar refractivity (Wildman–Crippen MR) is 217 cm³/mol. The zero-order chi connectivity index (χ0) is 35.4. The number of rotatable bonds is 9. The summed E-state index contributed by atoms with van der Waals surface area (Å²) in [6.45, 7) is 0. The van der Waals surface area contributed by atoms with Gasteiger partial charge in [-0.05, 0) is 119 Å². The molecule has 0 aliphatic carbocycles. The molecular weight excluding hydrogens is 649 g/mol. The number of hydrogen-bond donors (Lipinski definition) is 0. The third kappa shape index (κ3) is 6.55. The number of para-hydroxylation sites is 2. The molecular formula is C48H34N4O. The zero-order valence-electron chi connectivity index (χ0n) is 28.8. The molecule has 0 saturated heterocycles. The molecule has 0 saturated carbocycles. The van der Waals surface area contributed by atoms with E-state index in [-0.39, 0.29) is 0 Å². The largest absolute Gasteiger partial charge is 0.418 e. The SMILES string of the molecule is c1ccc(-c2ccc(N(c3ccccc3)c3ccc(-c4ccc(N(c5ccccc5)c5ccc(-c6nc7cccnc7o6)cc5)cc4)cc3)cc2)cc1. The van der Waals surface area contributed by atoms with Crippen molar-refractivity contribution in [3.63, 3.8) is 0 Å². The number of hydrogen-bond acceptors (Lipinski definition) is 5. The summed E-state index contributed by atoms with van der Waals surface area (Å²) in [5.41, 5.74) is 13.3. The number of pyridine rings is 1. The van der Waals surface area contributed by atoms with Gasteiger partial charge < -0.3 is 14.2 Å². The van der Waals surface area contributed by atoms with Crippen molar-refractivity contribution in [3.05, 3.63) is 206 Å². The summed E-state index contributed by atoms with van der Waals surface area (Å²) < 4.78 is 5.93. The lowest BCUT2D eigenvalue weighted by atomic mass is 10.0. The Labute approximate surface area is 308 Å². The van der Waals surface area contributed by atoms with Crippen molar-refractivity contribution < 1.29 is 4.42 Å². The number of benzene rings is 7. The van der Waals surface area contributed by atoms with E-state index in [1.807, 2.05) is 36.4 Å². The van der Waals surface area contributed by atoms with Gasteiger partial charge in [-0.2, -0.15) is 0 Å². The van der Waals surface area contributed by atoms with Crippen molar-refractivity contribution >= 4 is 45.4 Å². The van der Waals surface area contributed by atoms with E-state index >= 15 is 0 Å². The maximum atomic E-state index is 5.93.